The first-order valence-electron chi connectivity index (χ1n) is 8.68. The lowest BCUT2D eigenvalue weighted by molar-refractivity contribution is -0.393. The third-order valence-corrected chi connectivity index (χ3v) is 5.37. The quantitative estimate of drug-likeness (QED) is 0.249. The molecule has 3 aromatic carbocycles. The number of benzene rings is 3. The van der Waals surface area contributed by atoms with Gasteiger partial charge in [0.25, 0.3) is 11.4 Å². The predicted molar refractivity (Wildman–Crippen MR) is 120 cm³/mol. The number of nitrogens with zero attached hydrogens (tertiary/aromatic N) is 4. The molecule has 3 rings (SSSR count). The van der Waals surface area contributed by atoms with Crippen LogP contribution in [0.15, 0.2) is 75.6 Å². The Kier molecular flexibility index (Phi) is 6.97. The lowest BCUT2D eigenvalue weighted by atomic mass is 10.2. The Morgan fingerprint density at radius 1 is 0.844 bits per heavy atom. The Hall–Kier alpha value is -4.03. The smallest absolute Gasteiger partial charge is 0.272 e. The zero-order chi connectivity index (χ0) is 23.3. The number of hydrogen-bond acceptors (Lipinski definition) is 9. The van der Waals surface area contributed by atoms with Crippen LogP contribution in [0.5, 0.6) is 0 Å². The fourth-order valence-corrected chi connectivity index (χ4v) is 3.54. The fraction of sp³-hybridized carbons (Fsp3) is 0. The van der Waals surface area contributed by atoms with Gasteiger partial charge in [-0.3, -0.25) is 35.8 Å². The summed E-state index contributed by atoms with van der Waals surface area (Å²) in [6.07, 6.45) is 1.27. The molecule has 0 saturated carbocycles. The summed E-state index contributed by atoms with van der Waals surface area (Å²) in [6, 6.07) is 14.3. The summed E-state index contributed by atoms with van der Waals surface area (Å²) in [7, 11) is 0. The maximum atomic E-state index is 11.2. The van der Waals surface area contributed by atoms with E-state index in [9.17, 15) is 30.3 Å². The Balaban J connectivity index is 1.90. The van der Waals surface area contributed by atoms with Crippen molar-refractivity contribution in [3.8, 4) is 0 Å². The van der Waals surface area contributed by atoms with Crippen LogP contribution in [-0.2, 0) is 0 Å². The second kappa shape index (κ2) is 9.85. The first-order valence-corrected chi connectivity index (χ1v) is 9.88. The Labute approximate surface area is 189 Å². The van der Waals surface area contributed by atoms with Crippen molar-refractivity contribution in [3.63, 3.8) is 0 Å². The summed E-state index contributed by atoms with van der Waals surface area (Å²) in [5, 5.41) is 37.7. The van der Waals surface area contributed by atoms with Crippen LogP contribution in [0.3, 0.4) is 0 Å². The third kappa shape index (κ3) is 5.56. The van der Waals surface area contributed by atoms with Gasteiger partial charge < -0.3 is 0 Å². The van der Waals surface area contributed by atoms with Gasteiger partial charge in [0.1, 0.15) is 5.69 Å². The number of halogens is 1. The van der Waals surface area contributed by atoms with E-state index in [-0.39, 0.29) is 11.4 Å². The van der Waals surface area contributed by atoms with Crippen molar-refractivity contribution in [2.45, 2.75) is 9.79 Å². The first kappa shape index (κ1) is 22.7. The van der Waals surface area contributed by atoms with Crippen molar-refractivity contribution >= 4 is 52.3 Å². The molecule has 0 amide bonds. The number of nitro benzene ring substituents is 3. The second-order valence-electron chi connectivity index (χ2n) is 6.12. The van der Waals surface area contributed by atoms with Gasteiger partial charge in [-0.1, -0.05) is 23.4 Å². The highest BCUT2D eigenvalue weighted by atomic mass is 35.5. The predicted octanol–water partition coefficient (Wildman–Crippen LogP) is 5.66. The molecule has 0 atom stereocenters. The van der Waals surface area contributed by atoms with Gasteiger partial charge in [-0.2, -0.15) is 5.10 Å². The minimum Gasteiger partial charge on any atom is -0.272 e. The Morgan fingerprint density at radius 3 is 2.09 bits per heavy atom. The molecule has 0 spiro atoms. The van der Waals surface area contributed by atoms with Gasteiger partial charge in [0.05, 0.1) is 27.1 Å². The molecule has 162 valence electrons. The molecule has 0 aliphatic carbocycles. The van der Waals surface area contributed by atoms with Gasteiger partial charge in [-0.05, 0) is 36.4 Å². The molecule has 0 bridgehead atoms. The fourth-order valence-electron chi connectivity index (χ4n) is 2.52. The average molecular weight is 474 g/mol. The summed E-state index contributed by atoms with van der Waals surface area (Å²) in [5.41, 5.74) is 1.64. The minimum atomic E-state index is -0.778. The van der Waals surface area contributed by atoms with Crippen molar-refractivity contribution in [2.24, 2.45) is 5.10 Å². The van der Waals surface area contributed by atoms with Gasteiger partial charge in [-0.15, -0.1) is 0 Å². The summed E-state index contributed by atoms with van der Waals surface area (Å²) in [5.74, 6) is 0. The number of anilines is 1. The van der Waals surface area contributed by atoms with Crippen molar-refractivity contribution in [3.05, 3.63) is 102 Å². The molecule has 0 aromatic heterocycles. The van der Waals surface area contributed by atoms with Gasteiger partial charge in [0.2, 0.25) is 0 Å². The number of non-ortho nitro benzene ring substituents is 2. The lowest BCUT2D eigenvalue weighted by Gasteiger charge is -2.07. The number of nitrogens with one attached hydrogen (secondary N) is 1. The van der Waals surface area contributed by atoms with Crippen LogP contribution in [-0.4, -0.2) is 21.0 Å². The van der Waals surface area contributed by atoms with Crippen LogP contribution in [0.1, 0.15) is 5.56 Å². The average Bonchev–Trinajstić information content (AvgIpc) is 2.76. The molecule has 0 radical (unpaired) electrons. The van der Waals surface area contributed by atoms with E-state index < -0.39 is 26.1 Å². The van der Waals surface area contributed by atoms with Crippen molar-refractivity contribution in [1.82, 2.24) is 0 Å². The summed E-state index contributed by atoms with van der Waals surface area (Å²) < 4.78 is 0. The molecule has 0 aliphatic rings. The molecular weight excluding hydrogens is 462 g/mol. The maximum absolute atomic E-state index is 11.2. The van der Waals surface area contributed by atoms with E-state index in [0.29, 0.717) is 15.5 Å². The third-order valence-electron chi connectivity index (χ3n) is 4.02. The highest BCUT2D eigenvalue weighted by molar-refractivity contribution is 7.99. The second-order valence-corrected chi connectivity index (χ2v) is 7.67. The summed E-state index contributed by atoms with van der Waals surface area (Å²) in [6.45, 7) is 0. The molecule has 1 N–H and O–H groups in total. The molecule has 3 aromatic rings. The van der Waals surface area contributed by atoms with E-state index in [1.165, 1.54) is 30.1 Å². The number of nitro groups is 3. The molecule has 0 saturated heterocycles. The van der Waals surface area contributed by atoms with Crippen LogP contribution in [0.2, 0.25) is 5.02 Å². The van der Waals surface area contributed by atoms with Gasteiger partial charge in [-0.25, -0.2) is 0 Å². The van der Waals surface area contributed by atoms with Crippen LogP contribution in [0.4, 0.5) is 22.7 Å². The van der Waals surface area contributed by atoms with Crippen LogP contribution >= 0.6 is 23.4 Å². The largest absolute Gasteiger partial charge is 0.301 e. The molecule has 13 heteroatoms. The van der Waals surface area contributed by atoms with Crippen molar-refractivity contribution in [2.75, 3.05) is 5.43 Å². The highest BCUT2D eigenvalue weighted by Crippen LogP contribution is 2.33. The Bertz CT molecular complexity index is 1240. The van der Waals surface area contributed by atoms with E-state index in [1.807, 2.05) is 0 Å². The number of rotatable bonds is 8. The molecule has 32 heavy (non-hydrogen) atoms. The topological polar surface area (TPSA) is 154 Å². The monoisotopic (exact) mass is 473 g/mol. The number of hydrogen-bond donors (Lipinski definition) is 1. The zero-order valence-electron chi connectivity index (χ0n) is 15.9. The SMILES string of the molecule is O=[N+]([O-])c1ccc(Sc2ccc(Cl)cc2)c(/C=N\Nc2ccc([N+](=O)[O-])cc2[N+](=O)[O-])c1. The number of hydrazone groups is 1. The summed E-state index contributed by atoms with van der Waals surface area (Å²) >= 11 is 7.21. The molecule has 11 nitrogen and oxygen atoms in total. The Morgan fingerprint density at radius 2 is 1.47 bits per heavy atom. The summed E-state index contributed by atoms with van der Waals surface area (Å²) in [4.78, 5) is 32.6. The highest BCUT2D eigenvalue weighted by Gasteiger charge is 2.19. The standard InChI is InChI=1S/C19H12ClN5O6S/c20-13-1-5-16(6-2-13)32-19-8-4-14(23(26)27)9-12(19)11-21-22-17-7-3-15(24(28)29)10-18(17)25(30)31/h1-11,22H/b21-11-. The van der Waals surface area contributed by atoms with E-state index >= 15 is 0 Å². The zero-order valence-corrected chi connectivity index (χ0v) is 17.4. The van der Waals surface area contributed by atoms with Gasteiger partial charge in [0, 0.05) is 38.6 Å². The van der Waals surface area contributed by atoms with Crippen LogP contribution < -0.4 is 5.43 Å². The van der Waals surface area contributed by atoms with Crippen LogP contribution in [0, 0.1) is 30.3 Å². The van der Waals surface area contributed by atoms with E-state index in [1.54, 1.807) is 30.3 Å². The van der Waals surface area contributed by atoms with E-state index in [0.717, 1.165) is 23.1 Å². The normalized spacial score (nSPS) is 10.8. The maximum Gasteiger partial charge on any atom is 0.301 e. The van der Waals surface area contributed by atoms with Gasteiger partial charge in [0.15, 0.2) is 0 Å². The van der Waals surface area contributed by atoms with Crippen LogP contribution in [0.25, 0.3) is 0 Å². The molecular formula is C19H12ClN5O6S. The minimum absolute atomic E-state index is 0.0748. The molecule has 0 fully saturated rings. The molecule has 0 heterocycles. The van der Waals surface area contributed by atoms with Gasteiger partial charge >= 0.3 is 5.69 Å². The molecule has 0 aliphatic heterocycles. The lowest BCUT2D eigenvalue weighted by Crippen LogP contribution is -1.99. The van der Waals surface area contributed by atoms with E-state index in [4.69, 9.17) is 11.6 Å². The van der Waals surface area contributed by atoms with E-state index in [2.05, 4.69) is 10.5 Å². The first-order chi connectivity index (χ1) is 15.2. The van der Waals surface area contributed by atoms with Crippen molar-refractivity contribution < 1.29 is 14.8 Å². The molecule has 0 unspecified atom stereocenters. The van der Waals surface area contributed by atoms with Crippen molar-refractivity contribution in [1.29, 1.82) is 0 Å².